The molecule has 1 aliphatic carbocycles. The van der Waals surface area contributed by atoms with Crippen LogP contribution in [0.25, 0.3) is 0 Å². The molecule has 100 valence electrons. The summed E-state index contributed by atoms with van der Waals surface area (Å²) in [6.45, 7) is 3.75. The van der Waals surface area contributed by atoms with Crippen molar-refractivity contribution in [3.63, 3.8) is 0 Å². The molecule has 0 spiro atoms. The van der Waals surface area contributed by atoms with E-state index in [0.29, 0.717) is 6.61 Å². The van der Waals surface area contributed by atoms with Gasteiger partial charge in [0.15, 0.2) is 0 Å². The second-order valence-electron chi connectivity index (χ2n) is 5.12. The molecule has 1 aromatic carbocycles. The minimum Gasteiger partial charge on any atom is -0.488 e. The van der Waals surface area contributed by atoms with Gasteiger partial charge in [0, 0.05) is 22.3 Å². The normalized spacial score (nSPS) is 14.6. The maximum atomic E-state index is 5.79. The lowest BCUT2D eigenvalue weighted by molar-refractivity contribution is 0.310. The SMILES string of the molecule is Cc1ccc(OCc2ccc(CNC3CC3)s2)cc1. The first-order chi connectivity index (χ1) is 9.29. The van der Waals surface area contributed by atoms with Crippen molar-refractivity contribution in [2.45, 2.75) is 39.0 Å². The average molecular weight is 273 g/mol. The van der Waals surface area contributed by atoms with E-state index < -0.39 is 0 Å². The topological polar surface area (TPSA) is 21.3 Å². The highest BCUT2D eigenvalue weighted by Gasteiger charge is 2.20. The van der Waals surface area contributed by atoms with Gasteiger partial charge >= 0.3 is 0 Å². The van der Waals surface area contributed by atoms with E-state index in [1.807, 2.05) is 23.5 Å². The predicted octanol–water partition coefficient (Wildman–Crippen LogP) is 3.89. The van der Waals surface area contributed by atoms with Crippen LogP contribution in [0.1, 0.15) is 28.2 Å². The van der Waals surface area contributed by atoms with Gasteiger partial charge in [0.1, 0.15) is 12.4 Å². The minimum atomic E-state index is 0.664. The number of hydrogen-bond acceptors (Lipinski definition) is 3. The van der Waals surface area contributed by atoms with Crippen LogP contribution in [0.5, 0.6) is 5.75 Å². The Morgan fingerprint density at radius 1 is 1.11 bits per heavy atom. The largest absolute Gasteiger partial charge is 0.488 e. The summed E-state index contributed by atoms with van der Waals surface area (Å²) < 4.78 is 5.79. The number of hydrogen-bond donors (Lipinski definition) is 1. The van der Waals surface area contributed by atoms with E-state index in [0.717, 1.165) is 18.3 Å². The summed E-state index contributed by atoms with van der Waals surface area (Å²) in [4.78, 5) is 2.68. The lowest BCUT2D eigenvalue weighted by Crippen LogP contribution is -2.14. The van der Waals surface area contributed by atoms with Gasteiger partial charge in [-0.25, -0.2) is 0 Å². The van der Waals surface area contributed by atoms with Gasteiger partial charge in [0.05, 0.1) is 0 Å². The molecule has 0 amide bonds. The van der Waals surface area contributed by atoms with Crippen LogP contribution in [0, 0.1) is 6.92 Å². The van der Waals surface area contributed by atoms with Crippen LogP contribution in [0.4, 0.5) is 0 Å². The number of ether oxygens (including phenoxy) is 1. The molecule has 3 heteroatoms. The molecular weight excluding hydrogens is 254 g/mol. The monoisotopic (exact) mass is 273 g/mol. The van der Waals surface area contributed by atoms with Crippen molar-refractivity contribution in [1.29, 1.82) is 0 Å². The zero-order chi connectivity index (χ0) is 13.1. The summed E-state index contributed by atoms with van der Waals surface area (Å²) in [6.07, 6.45) is 2.68. The predicted molar refractivity (Wildman–Crippen MR) is 79.7 cm³/mol. The Hall–Kier alpha value is -1.32. The Kier molecular flexibility index (Phi) is 3.85. The molecule has 0 atom stereocenters. The maximum Gasteiger partial charge on any atom is 0.122 e. The van der Waals surface area contributed by atoms with E-state index >= 15 is 0 Å². The molecule has 0 unspecified atom stereocenters. The van der Waals surface area contributed by atoms with Crippen molar-refractivity contribution >= 4 is 11.3 Å². The van der Waals surface area contributed by atoms with Crippen molar-refractivity contribution in [2.24, 2.45) is 0 Å². The highest BCUT2D eigenvalue weighted by Crippen LogP contribution is 2.22. The second-order valence-corrected chi connectivity index (χ2v) is 6.38. The van der Waals surface area contributed by atoms with Crippen molar-refractivity contribution in [2.75, 3.05) is 0 Å². The molecule has 2 aromatic rings. The molecule has 0 saturated heterocycles. The van der Waals surface area contributed by atoms with Crippen LogP contribution in [-0.4, -0.2) is 6.04 Å². The Labute approximate surface area is 118 Å². The molecule has 0 aliphatic heterocycles. The van der Waals surface area contributed by atoms with E-state index in [9.17, 15) is 0 Å². The number of nitrogens with one attached hydrogen (secondary N) is 1. The smallest absolute Gasteiger partial charge is 0.122 e. The Morgan fingerprint density at radius 3 is 2.58 bits per heavy atom. The van der Waals surface area contributed by atoms with Gasteiger partial charge in [-0.15, -0.1) is 11.3 Å². The third-order valence-electron chi connectivity index (χ3n) is 3.26. The standard InChI is InChI=1S/C16H19NOS/c1-12-2-6-14(7-3-12)18-11-16-9-8-15(19-16)10-17-13-4-5-13/h2-3,6-9,13,17H,4-5,10-11H2,1H3. The first-order valence-corrected chi connectivity index (χ1v) is 7.62. The van der Waals surface area contributed by atoms with Crippen molar-refractivity contribution in [3.05, 3.63) is 51.7 Å². The van der Waals surface area contributed by atoms with Crippen molar-refractivity contribution in [3.8, 4) is 5.75 Å². The maximum absolute atomic E-state index is 5.79. The van der Waals surface area contributed by atoms with Gasteiger partial charge in [-0.05, 0) is 44.0 Å². The molecule has 1 fully saturated rings. The molecule has 19 heavy (non-hydrogen) atoms. The van der Waals surface area contributed by atoms with Gasteiger partial charge in [-0.2, -0.15) is 0 Å². The fourth-order valence-electron chi connectivity index (χ4n) is 1.92. The summed E-state index contributed by atoms with van der Waals surface area (Å²) >= 11 is 1.84. The molecule has 1 aromatic heterocycles. The van der Waals surface area contributed by atoms with Crippen LogP contribution in [0.2, 0.25) is 0 Å². The van der Waals surface area contributed by atoms with E-state index in [4.69, 9.17) is 4.74 Å². The molecule has 1 N–H and O–H groups in total. The first kappa shape index (κ1) is 12.7. The number of thiophene rings is 1. The van der Waals surface area contributed by atoms with E-state index in [-0.39, 0.29) is 0 Å². The highest BCUT2D eigenvalue weighted by atomic mass is 32.1. The number of benzene rings is 1. The fraction of sp³-hybridized carbons (Fsp3) is 0.375. The van der Waals surface area contributed by atoms with Crippen LogP contribution in [0.3, 0.4) is 0 Å². The summed E-state index contributed by atoms with van der Waals surface area (Å²) in [5.41, 5.74) is 1.26. The van der Waals surface area contributed by atoms with E-state index in [2.05, 4.69) is 36.5 Å². The first-order valence-electron chi connectivity index (χ1n) is 6.80. The molecule has 1 saturated carbocycles. The van der Waals surface area contributed by atoms with E-state index in [1.54, 1.807) is 0 Å². The average Bonchev–Trinajstić information content (AvgIpc) is 3.15. The van der Waals surface area contributed by atoms with Gasteiger partial charge in [-0.3, -0.25) is 0 Å². The summed E-state index contributed by atoms with van der Waals surface area (Å²) in [6, 6.07) is 13.4. The van der Waals surface area contributed by atoms with Gasteiger partial charge in [0.25, 0.3) is 0 Å². The zero-order valence-corrected chi connectivity index (χ0v) is 12.0. The Bertz CT molecular complexity index is 528. The molecule has 1 aliphatic rings. The van der Waals surface area contributed by atoms with Gasteiger partial charge in [0.2, 0.25) is 0 Å². The minimum absolute atomic E-state index is 0.664. The molecule has 1 heterocycles. The van der Waals surface area contributed by atoms with E-state index in [1.165, 1.54) is 28.2 Å². The molecule has 2 nitrogen and oxygen atoms in total. The molecule has 3 rings (SSSR count). The van der Waals surface area contributed by atoms with Crippen molar-refractivity contribution < 1.29 is 4.74 Å². The summed E-state index contributed by atoms with van der Waals surface area (Å²) in [7, 11) is 0. The Morgan fingerprint density at radius 2 is 1.84 bits per heavy atom. The van der Waals surface area contributed by atoms with Crippen LogP contribution < -0.4 is 10.1 Å². The third kappa shape index (κ3) is 3.82. The quantitative estimate of drug-likeness (QED) is 0.862. The van der Waals surface area contributed by atoms with Gasteiger partial charge in [-0.1, -0.05) is 17.7 Å². The summed E-state index contributed by atoms with van der Waals surface area (Å²) in [5, 5.41) is 3.54. The third-order valence-corrected chi connectivity index (χ3v) is 4.32. The van der Waals surface area contributed by atoms with Crippen LogP contribution in [0.15, 0.2) is 36.4 Å². The fourth-order valence-corrected chi connectivity index (χ4v) is 2.80. The molecular formula is C16H19NOS. The van der Waals surface area contributed by atoms with Gasteiger partial charge < -0.3 is 10.1 Å². The van der Waals surface area contributed by atoms with Crippen molar-refractivity contribution in [1.82, 2.24) is 5.32 Å². The second kappa shape index (κ2) is 5.76. The lowest BCUT2D eigenvalue weighted by atomic mass is 10.2. The molecule has 0 bridgehead atoms. The van der Waals surface area contributed by atoms with Crippen LogP contribution in [-0.2, 0) is 13.2 Å². The molecule has 0 radical (unpaired) electrons. The highest BCUT2D eigenvalue weighted by molar-refractivity contribution is 7.11. The number of rotatable bonds is 6. The zero-order valence-electron chi connectivity index (χ0n) is 11.2. The summed E-state index contributed by atoms with van der Waals surface area (Å²) in [5.74, 6) is 0.941. The van der Waals surface area contributed by atoms with Crippen LogP contribution >= 0.6 is 11.3 Å². The number of aryl methyl sites for hydroxylation is 1. The Balaban J connectivity index is 1.50. The lowest BCUT2D eigenvalue weighted by Gasteiger charge is -2.04.